The summed E-state index contributed by atoms with van der Waals surface area (Å²) in [6, 6.07) is 8.53. The van der Waals surface area contributed by atoms with E-state index in [1.807, 2.05) is 0 Å². The quantitative estimate of drug-likeness (QED) is 0.849. The fourth-order valence-corrected chi connectivity index (χ4v) is 2.47. The van der Waals surface area contributed by atoms with E-state index >= 15 is 0 Å². The molecular weight excluding hydrogens is 210 g/mol. The molecule has 0 bridgehead atoms. The SMILES string of the molecule is CCc1ccccc1N1CCC(C)(C)C(O)C1. The van der Waals surface area contributed by atoms with Crippen LogP contribution in [0.4, 0.5) is 5.69 Å². The van der Waals surface area contributed by atoms with Gasteiger partial charge in [-0.1, -0.05) is 39.0 Å². The van der Waals surface area contributed by atoms with Crippen LogP contribution >= 0.6 is 0 Å². The molecule has 2 rings (SSSR count). The van der Waals surface area contributed by atoms with Gasteiger partial charge in [0.15, 0.2) is 0 Å². The number of β-amino-alcohol motifs (C(OH)–C–C–N with tert-alkyl or cyclic N) is 1. The van der Waals surface area contributed by atoms with Gasteiger partial charge in [0.1, 0.15) is 0 Å². The van der Waals surface area contributed by atoms with Gasteiger partial charge in [-0.25, -0.2) is 0 Å². The summed E-state index contributed by atoms with van der Waals surface area (Å²) in [7, 11) is 0. The summed E-state index contributed by atoms with van der Waals surface area (Å²) in [6.07, 6.45) is 1.86. The second-order valence-electron chi connectivity index (χ2n) is 5.68. The standard InChI is InChI=1S/C15H23NO/c1-4-12-7-5-6-8-13(12)16-10-9-15(2,3)14(17)11-16/h5-8,14,17H,4,9-11H2,1-3H3. The zero-order valence-electron chi connectivity index (χ0n) is 11.1. The third-order valence-corrected chi connectivity index (χ3v) is 4.03. The van der Waals surface area contributed by atoms with E-state index < -0.39 is 0 Å². The molecule has 94 valence electrons. The number of aliphatic hydroxyl groups is 1. The summed E-state index contributed by atoms with van der Waals surface area (Å²) in [5.41, 5.74) is 2.72. The van der Waals surface area contributed by atoms with E-state index in [0.717, 1.165) is 25.9 Å². The number of para-hydroxylation sites is 1. The number of nitrogens with zero attached hydrogens (tertiary/aromatic N) is 1. The molecule has 0 spiro atoms. The van der Waals surface area contributed by atoms with Crippen LogP contribution in [-0.2, 0) is 6.42 Å². The molecule has 1 atom stereocenters. The fourth-order valence-electron chi connectivity index (χ4n) is 2.47. The fraction of sp³-hybridized carbons (Fsp3) is 0.600. The molecule has 2 heteroatoms. The van der Waals surface area contributed by atoms with Crippen LogP contribution in [0.2, 0.25) is 0 Å². The van der Waals surface area contributed by atoms with Gasteiger partial charge in [0.2, 0.25) is 0 Å². The van der Waals surface area contributed by atoms with Crippen LogP contribution in [0.25, 0.3) is 0 Å². The Kier molecular flexibility index (Phi) is 3.43. The molecule has 1 aromatic rings. The zero-order valence-corrected chi connectivity index (χ0v) is 11.1. The minimum absolute atomic E-state index is 0.0532. The highest BCUT2D eigenvalue weighted by Crippen LogP contribution is 2.33. The van der Waals surface area contributed by atoms with Crippen LogP contribution < -0.4 is 4.90 Å². The number of rotatable bonds is 2. The topological polar surface area (TPSA) is 23.5 Å². The molecule has 0 aromatic heterocycles. The smallest absolute Gasteiger partial charge is 0.0766 e. The Morgan fingerprint density at radius 1 is 1.35 bits per heavy atom. The van der Waals surface area contributed by atoms with Gasteiger partial charge in [-0.2, -0.15) is 0 Å². The normalized spacial score (nSPS) is 23.8. The number of benzene rings is 1. The second-order valence-corrected chi connectivity index (χ2v) is 5.68. The minimum Gasteiger partial charge on any atom is -0.391 e. The average Bonchev–Trinajstić information content (AvgIpc) is 2.33. The predicted molar refractivity (Wildman–Crippen MR) is 72.4 cm³/mol. The number of hydrogen-bond donors (Lipinski definition) is 1. The maximum atomic E-state index is 10.2. The van der Waals surface area contributed by atoms with Gasteiger partial charge in [-0.15, -0.1) is 0 Å². The lowest BCUT2D eigenvalue weighted by Gasteiger charge is -2.42. The first kappa shape index (κ1) is 12.4. The summed E-state index contributed by atoms with van der Waals surface area (Å²) >= 11 is 0. The average molecular weight is 233 g/mol. The van der Waals surface area contributed by atoms with E-state index in [1.165, 1.54) is 11.3 Å². The van der Waals surface area contributed by atoms with Crippen molar-refractivity contribution in [2.24, 2.45) is 5.41 Å². The lowest BCUT2D eigenvalue weighted by Crippen LogP contribution is -2.48. The van der Waals surface area contributed by atoms with Gasteiger partial charge in [-0.3, -0.25) is 0 Å². The van der Waals surface area contributed by atoms with Crippen molar-refractivity contribution in [2.75, 3.05) is 18.0 Å². The minimum atomic E-state index is -0.235. The Labute approximate surface area is 104 Å². The van der Waals surface area contributed by atoms with Crippen LogP contribution in [0.3, 0.4) is 0 Å². The van der Waals surface area contributed by atoms with Gasteiger partial charge < -0.3 is 10.0 Å². The Morgan fingerprint density at radius 3 is 2.71 bits per heavy atom. The van der Waals surface area contributed by atoms with Crippen LogP contribution in [0.1, 0.15) is 32.8 Å². The highest BCUT2D eigenvalue weighted by atomic mass is 16.3. The van der Waals surface area contributed by atoms with Crippen molar-refractivity contribution < 1.29 is 5.11 Å². The predicted octanol–water partition coefficient (Wildman–Crippen LogP) is 2.85. The molecular formula is C15H23NO. The van der Waals surface area contributed by atoms with E-state index in [2.05, 4.69) is 49.9 Å². The molecule has 1 aromatic carbocycles. The van der Waals surface area contributed by atoms with E-state index in [0.29, 0.717) is 0 Å². The molecule has 1 heterocycles. The van der Waals surface area contributed by atoms with Crippen molar-refractivity contribution in [3.63, 3.8) is 0 Å². The second kappa shape index (κ2) is 4.69. The lowest BCUT2D eigenvalue weighted by molar-refractivity contribution is 0.0351. The van der Waals surface area contributed by atoms with Crippen molar-refractivity contribution in [1.82, 2.24) is 0 Å². The van der Waals surface area contributed by atoms with E-state index in [9.17, 15) is 5.11 Å². The molecule has 1 aliphatic rings. The van der Waals surface area contributed by atoms with Crippen LogP contribution in [-0.4, -0.2) is 24.3 Å². The monoisotopic (exact) mass is 233 g/mol. The number of aliphatic hydroxyl groups excluding tert-OH is 1. The third kappa shape index (κ3) is 2.47. The largest absolute Gasteiger partial charge is 0.391 e. The molecule has 0 saturated carbocycles. The Bertz CT molecular complexity index is 386. The number of aryl methyl sites for hydroxylation is 1. The lowest BCUT2D eigenvalue weighted by atomic mass is 9.80. The zero-order chi connectivity index (χ0) is 12.5. The number of anilines is 1. The first-order chi connectivity index (χ1) is 8.04. The Morgan fingerprint density at radius 2 is 2.06 bits per heavy atom. The molecule has 1 N–H and O–H groups in total. The van der Waals surface area contributed by atoms with Crippen molar-refractivity contribution in [3.8, 4) is 0 Å². The van der Waals surface area contributed by atoms with Crippen molar-refractivity contribution in [3.05, 3.63) is 29.8 Å². The van der Waals surface area contributed by atoms with Gasteiger partial charge in [0.25, 0.3) is 0 Å². The van der Waals surface area contributed by atoms with E-state index in [4.69, 9.17) is 0 Å². The number of piperidine rings is 1. The van der Waals surface area contributed by atoms with E-state index in [-0.39, 0.29) is 11.5 Å². The molecule has 1 unspecified atom stereocenters. The molecule has 17 heavy (non-hydrogen) atoms. The van der Waals surface area contributed by atoms with Gasteiger partial charge in [-0.05, 0) is 29.9 Å². The molecule has 0 radical (unpaired) electrons. The van der Waals surface area contributed by atoms with E-state index in [1.54, 1.807) is 0 Å². The van der Waals surface area contributed by atoms with Crippen LogP contribution in [0, 0.1) is 5.41 Å². The molecule has 1 fully saturated rings. The van der Waals surface area contributed by atoms with Crippen LogP contribution in [0.15, 0.2) is 24.3 Å². The Hall–Kier alpha value is -1.02. The molecule has 1 aliphatic heterocycles. The van der Waals surface area contributed by atoms with Crippen LogP contribution in [0.5, 0.6) is 0 Å². The highest BCUT2D eigenvalue weighted by Gasteiger charge is 2.34. The summed E-state index contributed by atoms with van der Waals surface area (Å²) in [5, 5.41) is 10.2. The van der Waals surface area contributed by atoms with Gasteiger partial charge >= 0.3 is 0 Å². The molecule has 0 amide bonds. The molecule has 2 nitrogen and oxygen atoms in total. The first-order valence-electron chi connectivity index (χ1n) is 6.55. The highest BCUT2D eigenvalue weighted by molar-refractivity contribution is 5.54. The third-order valence-electron chi connectivity index (χ3n) is 4.03. The van der Waals surface area contributed by atoms with Crippen molar-refractivity contribution >= 4 is 5.69 Å². The Balaban J connectivity index is 2.19. The van der Waals surface area contributed by atoms with Gasteiger partial charge in [0, 0.05) is 18.8 Å². The number of hydrogen-bond acceptors (Lipinski definition) is 2. The first-order valence-corrected chi connectivity index (χ1v) is 6.55. The summed E-state index contributed by atoms with van der Waals surface area (Å²) in [5.74, 6) is 0. The molecule has 1 saturated heterocycles. The maximum Gasteiger partial charge on any atom is 0.0766 e. The van der Waals surface area contributed by atoms with Gasteiger partial charge in [0.05, 0.1) is 6.10 Å². The summed E-state index contributed by atoms with van der Waals surface area (Å²) < 4.78 is 0. The molecule has 0 aliphatic carbocycles. The summed E-state index contributed by atoms with van der Waals surface area (Å²) in [4.78, 5) is 2.33. The van der Waals surface area contributed by atoms with Crippen molar-refractivity contribution in [1.29, 1.82) is 0 Å². The maximum absolute atomic E-state index is 10.2. The van der Waals surface area contributed by atoms with Crippen molar-refractivity contribution in [2.45, 2.75) is 39.7 Å². The summed E-state index contributed by atoms with van der Waals surface area (Å²) in [6.45, 7) is 8.29.